The molecule has 2 aromatic rings. The monoisotopic (exact) mass is 815 g/mol. The number of alkyl carbamates (subject to hydrolysis) is 1. The lowest BCUT2D eigenvalue weighted by atomic mass is 9.87. The summed E-state index contributed by atoms with van der Waals surface area (Å²) >= 11 is 0. The van der Waals surface area contributed by atoms with Crippen molar-refractivity contribution in [3.05, 3.63) is 41.6 Å². The zero-order valence-electron chi connectivity index (χ0n) is 32.7. The van der Waals surface area contributed by atoms with Crippen LogP contribution in [-0.2, 0) is 35.6 Å². The molecule has 4 heterocycles. The fourth-order valence-corrected chi connectivity index (χ4v) is 9.56. The molecule has 2 aliphatic carbocycles. The van der Waals surface area contributed by atoms with E-state index in [0.29, 0.717) is 60.7 Å². The molecule has 0 bridgehead atoms. The van der Waals surface area contributed by atoms with E-state index in [4.69, 9.17) is 14.2 Å². The van der Waals surface area contributed by atoms with Gasteiger partial charge in [-0.15, -0.1) is 0 Å². The molecule has 14 nitrogen and oxygen atoms in total. The van der Waals surface area contributed by atoms with Crippen molar-refractivity contribution in [2.75, 3.05) is 13.7 Å². The first kappa shape index (κ1) is 40.6. The fraction of sp³-hybridized carbons (Fsp3) is 0.625. The minimum Gasteiger partial charge on any atom is -0.497 e. The quantitative estimate of drug-likeness (QED) is 0.302. The summed E-state index contributed by atoms with van der Waals surface area (Å²) in [5, 5.41) is 6.13. The van der Waals surface area contributed by atoms with E-state index in [1.54, 1.807) is 32.0 Å². The number of pyridine rings is 1. The predicted molar refractivity (Wildman–Crippen MR) is 204 cm³/mol. The number of alkyl halides is 2. The lowest BCUT2D eigenvalue weighted by molar-refractivity contribution is -0.141. The third-order valence-electron chi connectivity index (χ3n) is 12.4. The van der Waals surface area contributed by atoms with Crippen LogP contribution in [0.5, 0.6) is 11.5 Å². The maximum atomic E-state index is 14.7. The standard InChI is InChI=1S/C40H51F2N5O9S/c1-5-23(2)55-37(51)44-29-12-10-8-6-7-9-11-24-20-40(24,36(50)46-57(52,53)38(3)17-18-38)45-34(48)30-21-39(22-47(30)35(29)49)16-15-26-27-19-25(54-4)13-14-28(27)43-31(33(41)42)32(26)56-39/h9,11,13-14,19,23-24,29-30,33H,5-8,10,12,15-18,20-22H2,1-4H3,(H,44,51)(H,45,48)(H,46,50)/b11-9-/t23?,24-,29+,30+,39-,40-/m1/s1. The van der Waals surface area contributed by atoms with E-state index in [0.717, 1.165) is 6.42 Å². The second-order valence-corrected chi connectivity index (χ2v) is 18.7. The van der Waals surface area contributed by atoms with E-state index in [-0.39, 0.29) is 44.4 Å². The molecule has 4 amide bonds. The molecule has 1 saturated heterocycles. The first-order valence-corrected chi connectivity index (χ1v) is 21.3. The topological polar surface area (TPSA) is 182 Å². The van der Waals surface area contributed by atoms with Gasteiger partial charge in [0.05, 0.1) is 23.9 Å². The third kappa shape index (κ3) is 7.87. The Morgan fingerprint density at radius 3 is 2.61 bits per heavy atom. The first-order chi connectivity index (χ1) is 27.0. The van der Waals surface area contributed by atoms with E-state index in [9.17, 15) is 36.4 Å². The van der Waals surface area contributed by atoms with Gasteiger partial charge in [0, 0.05) is 23.3 Å². The number of fused-ring (bicyclic) bond motifs is 5. The van der Waals surface area contributed by atoms with Gasteiger partial charge in [0.2, 0.25) is 21.8 Å². The number of nitrogens with one attached hydrogen (secondary N) is 3. The number of halogens is 2. The van der Waals surface area contributed by atoms with Crippen LogP contribution in [0.4, 0.5) is 13.6 Å². The second kappa shape index (κ2) is 15.3. The number of nitrogens with zero attached hydrogens (tertiary/aromatic N) is 2. The minimum absolute atomic E-state index is 0.124. The van der Waals surface area contributed by atoms with Crippen LogP contribution in [0.2, 0.25) is 0 Å². The van der Waals surface area contributed by atoms with Gasteiger partial charge in [0.15, 0.2) is 5.75 Å². The maximum Gasteiger partial charge on any atom is 0.408 e. The van der Waals surface area contributed by atoms with E-state index in [2.05, 4.69) is 20.3 Å². The average Bonchev–Trinajstić information content (AvgIpc) is 4.07. The molecule has 3 aliphatic heterocycles. The smallest absolute Gasteiger partial charge is 0.408 e. The summed E-state index contributed by atoms with van der Waals surface area (Å²) in [5.74, 6) is -2.33. The summed E-state index contributed by atoms with van der Waals surface area (Å²) in [6.07, 6.45) is 4.20. The van der Waals surface area contributed by atoms with Crippen molar-refractivity contribution in [1.29, 1.82) is 0 Å². The van der Waals surface area contributed by atoms with Gasteiger partial charge in [-0.05, 0) is 89.8 Å². The van der Waals surface area contributed by atoms with Gasteiger partial charge in [-0.25, -0.2) is 27.0 Å². The number of carbonyl (C=O) groups excluding carboxylic acids is 4. The Balaban J connectivity index is 1.26. The van der Waals surface area contributed by atoms with Crippen molar-refractivity contribution >= 4 is 44.7 Å². The SMILES string of the molecule is CCC(C)OC(=O)N[C@H]1CCCCC/C=C\[C@@H]2C[C@@]2(C(=O)NS(=O)(=O)C2(C)CC2)NC(=O)[C@@H]2C[C@]3(CCc4c(c(C(F)F)nc5ccc(OC)cc45)O3)CN2C1=O. The van der Waals surface area contributed by atoms with Crippen LogP contribution in [-0.4, -0.2) is 89.8 Å². The molecule has 5 aliphatic rings. The van der Waals surface area contributed by atoms with Crippen LogP contribution in [0.15, 0.2) is 30.4 Å². The van der Waals surface area contributed by atoms with Crippen molar-refractivity contribution in [3.63, 3.8) is 0 Å². The van der Waals surface area contributed by atoms with Crippen LogP contribution < -0.4 is 24.8 Å². The van der Waals surface area contributed by atoms with E-state index < -0.39 is 85.9 Å². The number of hydrogen-bond acceptors (Lipinski definition) is 10. The van der Waals surface area contributed by atoms with Crippen molar-refractivity contribution in [1.82, 2.24) is 25.2 Å². The van der Waals surface area contributed by atoms with Gasteiger partial charge >= 0.3 is 6.09 Å². The van der Waals surface area contributed by atoms with Crippen molar-refractivity contribution in [2.45, 2.75) is 138 Å². The molecule has 3 N–H and O–H groups in total. The van der Waals surface area contributed by atoms with E-state index >= 15 is 0 Å². The fourth-order valence-electron chi connectivity index (χ4n) is 8.25. The highest BCUT2D eigenvalue weighted by molar-refractivity contribution is 7.91. The van der Waals surface area contributed by atoms with Crippen molar-refractivity contribution in [3.8, 4) is 11.5 Å². The minimum atomic E-state index is -4.05. The second-order valence-electron chi connectivity index (χ2n) is 16.5. The largest absolute Gasteiger partial charge is 0.497 e. The van der Waals surface area contributed by atoms with Crippen LogP contribution in [0.3, 0.4) is 0 Å². The molecule has 1 aromatic heterocycles. The first-order valence-electron chi connectivity index (χ1n) is 19.8. The van der Waals surface area contributed by atoms with Crippen LogP contribution in [0.25, 0.3) is 10.9 Å². The highest BCUT2D eigenvalue weighted by Crippen LogP contribution is 2.50. The number of carbonyl (C=O) groups is 4. The summed E-state index contributed by atoms with van der Waals surface area (Å²) in [4.78, 5) is 61.9. The highest BCUT2D eigenvalue weighted by Gasteiger charge is 2.64. The Bertz CT molecular complexity index is 2100. The van der Waals surface area contributed by atoms with Gasteiger partial charge in [-0.3, -0.25) is 19.1 Å². The summed E-state index contributed by atoms with van der Waals surface area (Å²) < 4.78 is 74.4. The molecule has 17 heteroatoms. The Morgan fingerprint density at radius 1 is 1.14 bits per heavy atom. The number of aromatic nitrogens is 1. The Kier molecular flexibility index (Phi) is 10.9. The zero-order valence-corrected chi connectivity index (χ0v) is 33.5. The molecule has 1 aromatic carbocycles. The maximum absolute atomic E-state index is 14.7. The number of hydrogen-bond donors (Lipinski definition) is 3. The summed E-state index contributed by atoms with van der Waals surface area (Å²) in [5.41, 5.74) is -2.67. The molecular formula is C40H51F2N5O9S. The lowest BCUT2D eigenvalue weighted by Crippen LogP contribution is -2.58. The Morgan fingerprint density at radius 2 is 1.91 bits per heavy atom. The lowest BCUT2D eigenvalue weighted by Gasteiger charge is -2.37. The molecule has 6 atom stereocenters. The van der Waals surface area contributed by atoms with Gasteiger partial charge in [-0.1, -0.05) is 31.9 Å². The van der Waals surface area contributed by atoms with Gasteiger partial charge in [0.25, 0.3) is 12.3 Å². The van der Waals surface area contributed by atoms with Crippen LogP contribution in [0.1, 0.15) is 109 Å². The molecular weight excluding hydrogens is 765 g/mol. The molecule has 2 saturated carbocycles. The number of ether oxygens (including phenoxy) is 3. The van der Waals surface area contributed by atoms with Crippen LogP contribution >= 0.6 is 0 Å². The number of rotatable bonds is 8. The van der Waals surface area contributed by atoms with Gasteiger partial charge in [0.1, 0.15) is 40.8 Å². The Labute approximate surface area is 330 Å². The van der Waals surface area contributed by atoms with E-state index in [1.165, 1.54) is 12.0 Å². The number of amides is 4. The molecule has 1 spiro atoms. The molecule has 3 fully saturated rings. The Hall–Kier alpha value is -4.54. The third-order valence-corrected chi connectivity index (χ3v) is 14.6. The average molecular weight is 816 g/mol. The number of benzene rings is 1. The number of sulfonamides is 1. The number of methoxy groups -OCH3 is 1. The van der Waals surface area contributed by atoms with Crippen molar-refractivity contribution in [2.24, 2.45) is 5.92 Å². The van der Waals surface area contributed by atoms with Gasteiger partial charge < -0.3 is 29.7 Å². The predicted octanol–water partition coefficient (Wildman–Crippen LogP) is 5.13. The zero-order chi connectivity index (χ0) is 40.9. The molecule has 7 rings (SSSR count). The summed E-state index contributed by atoms with van der Waals surface area (Å²) in [6, 6.07) is 2.55. The number of allylic oxidation sites excluding steroid dienone is 1. The summed E-state index contributed by atoms with van der Waals surface area (Å²) in [7, 11) is -2.56. The van der Waals surface area contributed by atoms with Crippen molar-refractivity contribution < 1.29 is 50.6 Å². The number of aryl methyl sites for hydroxylation is 1. The molecule has 57 heavy (non-hydrogen) atoms. The van der Waals surface area contributed by atoms with Gasteiger partial charge in [-0.2, -0.15) is 0 Å². The van der Waals surface area contributed by atoms with E-state index in [1.807, 2.05) is 19.1 Å². The highest BCUT2D eigenvalue weighted by atomic mass is 32.2. The molecule has 1 unspecified atom stereocenters. The van der Waals surface area contributed by atoms with Crippen LogP contribution in [0, 0.1) is 5.92 Å². The normalized spacial score (nSPS) is 29.4. The summed E-state index contributed by atoms with van der Waals surface area (Å²) in [6.45, 7) is 4.93. The molecule has 310 valence electrons. The molecule has 0 radical (unpaired) electrons.